The highest BCUT2D eigenvalue weighted by Crippen LogP contribution is 2.58. The molecule has 178 valence electrons. The monoisotopic (exact) mass is 516 g/mol. The van der Waals surface area contributed by atoms with Crippen LogP contribution in [0.2, 0.25) is 0 Å². The second-order valence-corrected chi connectivity index (χ2v) is 11.8. The van der Waals surface area contributed by atoms with Crippen molar-refractivity contribution < 1.29 is 19.4 Å². The summed E-state index contributed by atoms with van der Waals surface area (Å²) in [5.41, 5.74) is 7.05. The summed E-state index contributed by atoms with van der Waals surface area (Å²) in [5, 5.41) is 10.1. The Kier molecular flexibility index (Phi) is 5.94. The number of aliphatic hydroxyl groups is 1. The van der Waals surface area contributed by atoms with Crippen LogP contribution in [0.3, 0.4) is 0 Å². The molecule has 0 spiro atoms. The zero-order chi connectivity index (χ0) is 23.5. The van der Waals surface area contributed by atoms with Crippen molar-refractivity contribution in [3.8, 4) is 11.3 Å². The van der Waals surface area contributed by atoms with Crippen LogP contribution in [0.25, 0.3) is 11.3 Å². The Labute approximate surface area is 203 Å². The third-order valence-corrected chi connectivity index (χ3v) is 8.54. The summed E-state index contributed by atoms with van der Waals surface area (Å²) < 4.78 is 14.2. The molecule has 3 aliphatic carbocycles. The first-order valence-electron chi connectivity index (χ1n) is 11.9. The van der Waals surface area contributed by atoms with E-state index in [1.54, 1.807) is 7.11 Å². The predicted molar refractivity (Wildman–Crippen MR) is 130 cm³/mol. The molecule has 0 aromatic carbocycles. The summed E-state index contributed by atoms with van der Waals surface area (Å²) in [5.74, 6) is -0.285. The average Bonchev–Trinajstić information content (AvgIpc) is 3.08. The highest BCUT2D eigenvalue weighted by atomic mass is 79.9. The Morgan fingerprint density at radius 1 is 1.36 bits per heavy atom. The fourth-order valence-corrected chi connectivity index (χ4v) is 6.74. The van der Waals surface area contributed by atoms with E-state index < -0.39 is 0 Å². The summed E-state index contributed by atoms with van der Waals surface area (Å²) in [7, 11) is 1.75. The predicted octanol–water partition coefficient (Wildman–Crippen LogP) is 4.87. The van der Waals surface area contributed by atoms with Crippen LogP contribution in [0.4, 0.5) is 0 Å². The number of halogens is 1. The van der Waals surface area contributed by atoms with Gasteiger partial charge < -0.3 is 19.1 Å². The lowest BCUT2D eigenvalue weighted by Gasteiger charge is -2.43. The third kappa shape index (κ3) is 3.76. The van der Waals surface area contributed by atoms with E-state index in [9.17, 15) is 9.90 Å². The number of hydrogen-bond donors (Lipinski definition) is 1. The third-order valence-electron chi connectivity index (χ3n) is 7.75. The number of esters is 1. The van der Waals surface area contributed by atoms with E-state index in [0.717, 1.165) is 43.4 Å². The molecule has 5 rings (SSSR count). The van der Waals surface area contributed by atoms with Gasteiger partial charge in [0.2, 0.25) is 0 Å². The first kappa shape index (κ1) is 23.1. The van der Waals surface area contributed by atoms with Crippen LogP contribution < -0.4 is 0 Å². The van der Waals surface area contributed by atoms with Gasteiger partial charge in [-0.2, -0.15) is 0 Å². The zero-order valence-electron chi connectivity index (χ0n) is 19.8. The number of carbonyl (C=O) groups excluding carboxylic acids is 1. The number of pyridine rings is 1. The molecule has 0 saturated heterocycles. The Balaban J connectivity index is 1.77. The molecule has 1 N–H and O–H groups in total. The molecular formula is C26H33BrN2O4. The van der Waals surface area contributed by atoms with Gasteiger partial charge >= 0.3 is 5.97 Å². The largest absolute Gasteiger partial charge is 0.465 e. The molecule has 1 saturated carbocycles. The minimum atomic E-state index is -0.366. The Morgan fingerprint density at radius 2 is 2.12 bits per heavy atom. The van der Waals surface area contributed by atoms with Crippen molar-refractivity contribution in [2.24, 2.45) is 5.41 Å². The quantitative estimate of drug-likeness (QED) is 0.453. The first-order valence-corrected chi connectivity index (χ1v) is 12.8. The van der Waals surface area contributed by atoms with Crippen LogP contribution in [0.15, 0.2) is 18.3 Å². The number of aromatic nitrogens is 2. The molecule has 2 heterocycles. The number of methoxy groups -OCH3 is 1. The van der Waals surface area contributed by atoms with Crippen LogP contribution in [-0.4, -0.2) is 45.3 Å². The van der Waals surface area contributed by atoms with E-state index in [1.807, 2.05) is 12.3 Å². The maximum Gasteiger partial charge on any atom is 0.302 e. The van der Waals surface area contributed by atoms with Gasteiger partial charge in [-0.25, -0.2) is 0 Å². The number of nitrogens with zero attached hydrogens (tertiary/aromatic N) is 2. The number of alkyl halides is 1. The number of rotatable bonds is 5. The highest BCUT2D eigenvalue weighted by molar-refractivity contribution is 9.09. The molecule has 0 amide bonds. The van der Waals surface area contributed by atoms with Crippen LogP contribution in [0.5, 0.6) is 0 Å². The standard InChI is InChI=1S/C26H33BrN2O4/c1-14(30)33-13-26(2,3)22-21-19-10-15(27)7-8-20(19)29(16-11-17(31)12-16)24(21)18-6-5-9-28-23(18)25(22)32-4/h5-6,9,15-17,22,25,31H,7-8,10-13H2,1-4H3. The van der Waals surface area contributed by atoms with E-state index in [1.165, 1.54) is 29.4 Å². The molecule has 3 unspecified atom stereocenters. The van der Waals surface area contributed by atoms with E-state index >= 15 is 0 Å². The molecule has 0 radical (unpaired) electrons. The van der Waals surface area contributed by atoms with E-state index in [2.05, 4.69) is 40.4 Å². The minimum Gasteiger partial charge on any atom is -0.465 e. The Morgan fingerprint density at radius 3 is 2.79 bits per heavy atom. The SMILES string of the molecule is COC1c2ncccc2-c2c(c3c(n2C2CC(O)C2)CCC(Br)C3)C1C(C)(C)COC(C)=O. The summed E-state index contributed by atoms with van der Waals surface area (Å²) in [6.45, 7) is 6.10. The van der Waals surface area contributed by atoms with E-state index in [-0.39, 0.29) is 29.5 Å². The van der Waals surface area contributed by atoms with Crippen molar-refractivity contribution >= 4 is 21.9 Å². The molecule has 0 bridgehead atoms. The van der Waals surface area contributed by atoms with E-state index in [0.29, 0.717) is 17.5 Å². The minimum absolute atomic E-state index is 0.0166. The lowest BCUT2D eigenvalue weighted by Crippen LogP contribution is -2.37. The molecule has 3 atom stereocenters. The molecule has 33 heavy (non-hydrogen) atoms. The van der Waals surface area contributed by atoms with Crippen molar-refractivity contribution in [1.82, 2.24) is 9.55 Å². The maximum absolute atomic E-state index is 11.7. The summed E-state index contributed by atoms with van der Waals surface area (Å²) in [4.78, 5) is 17.0. The fraction of sp³-hybridized carbons (Fsp3) is 0.615. The van der Waals surface area contributed by atoms with Gasteiger partial charge in [0.15, 0.2) is 0 Å². The van der Waals surface area contributed by atoms with Crippen molar-refractivity contribution in [2.45, 2.75) is 81.9 Å². The Hall–Kier alpha value is -1.70. The molecule has 2 aromatic heterocycles. The molecular weight excluding hydrogens is 484 g/mol. The lowest BCUT2D eigenvalue weighted by atomic mass is 9.66. The van der Waals surface area contributed by atoms with Gasteiger partial charge in [-0.15, -0.1) is 0 Å². The lowest BCUT2D eigenvalue weighted by molar-refractivity contribution is -0.145. The van der Waals surface area contributed by atoms with Crippen LogP contribution in [0.1, 0.15) is 80.6 Å². The summed E-state index contributed by atoms with van der Waals surface area (Å²) in [6.07, 6.45) is 6.02. The average molecular weight is 517 g/mol. The van der Waals surface area contributed by atoms with Crippen molar-refractivity contribution in [1.29, 1.82) is 0 Å². The van der Waals surface area contributed by atoms with Gasteiger partial charge in [0.05, 0.1) is 24.1 Å². The van der Waals surface area contributed by atoms with Gasteiger partial charge in [0, 0.05) is 53.7 Å². The normalized spacial score (nSPS) is 28.4. The molecule has 6 nitrogen and oxygen atoms in total. The van der Waals surface area contributed by atoms with Gasteiger partial charge in [-0.05, 0) is 55.4 Å². The smallest absolute Gasteiger partial charge is 0.302 e. The van der Waals surface area contributed by atoms with Gasteiger partial charge in [0.1, 0.15) is 6.10 Å². The van der Waals surface area contributed by atoms with Crippen LogP contribution in [0, 0.1) is 5.41 Å². The van der Waals surface area contributed by atoms with Crippen LogP contribution in [-0.2, 0) is 27.1 Å². The number of carbonyl (C=O) groups is 1. The van der Waals surface area contributed by atoms with Gasteiger partial charge in [-0.1, -0.05) is 29.8 Å². The van der Waals surface area contributed by atoms with Crippen molar-refractivity contribution in [3.05, 3.63) is 40.8 Å². The molecule has 0 aliphatic heterocycles. The van der Waals surface area contributed by atoms with E-state index in [4.69, 9.17) is 14.5 Å². The number of ether oxygens (including phenoxy) is 2. The topological polar surface area (TPSA) is 73.6 Å². The number of fused-ring (bicyclic) bond motifs is 5. The first-order chi connectivity index (χ1) is 15.7. The fourth-order valence-electron chi connectivity index (χ4n) is 6.19. The maximum atomic E-state index is 11.7. The van der Waals surface area contributed by atoms with Gasteiger partial charge in [0.25, 0.3) is 0 Å². The molecule has 7 heteroatoms. The highest BCUT2D eigenvalue weighted by Gasteiger charge is 2.49. The number of hydrogen-bond acceptors (Lipinski definition) is 5. The van der Waals surface area contributed by atoms with Crippen molar-refractivity contribution in [2.75, 3.05) is 13.7 Å². The summed E-state index contributed by atoms with van der Waals surface area (Å²) in [6, 6.07) is 4.46. The Bertz CT molecular complexity index is 1070. The number of aliphatic hydroxyl groups excluding tert-OH is 1. The second kappa shape index (κ2) is 8.51. The molecule has 1 fully saturated rings. The molecule has 2 aromatic rings. The van der Waals surface area contributed by atoms with Gasteiger partial charge in [-0.3, -0.25) is 9.78 Å². The second-order valence-electron chi connectivity index (χ2n) is 10.5. The zero-order valence-corrected chi connectivity index (χ0v) is 21.4. The summed E-state index contributed by atoms with van der Waals surface area (Å²) >= 11 is 3.89. The van der Waals surface area contributed by atoms with Crippen molar-refractivity contribution in [3.63, 3.8) is 0 Å². The molecule has 3 aliphatic rings. The van der Waals surface area contributed by atoms with Crippen LogP contribution >= 0.6 is 15.9 Å².